The smallest absolute Gasteiger partial charge is 0.315 e. The predicted molar refractivity (Wildman–Crippen MR) is 82.2 cm³/mol. The number of rotatable bonds is 4. The van der Waals surface area contributed by atoms with Crippen LogP contribution in [0.3, 0.4) is 0 Å². The summed E-state index contributed by atoms with van der Waals surface area (Å²) in [5.41, 5.74) is 1.95. The minimum Gasteiger partial charge on any atom is -0.329 e. The van der Waals surface area contributed by atoms with E-state index in [2.05, 4.69) is 20.6 Å². The first-order valence-electron chi connectivity index (χ1n) is 6.36. The lowest BCUT2D eigenvalue weighted by Gasteiger charge is -2.15. The molecule has 0 aliphatic heterocycles. The van der Waals surface area contributed by atoms with E-state index in [4.69, 9.17) is 0 Å². The van der Waals surface area contributed by atoms with Gasteiger partial charge < -0.3 is 10.6 Å². The molecule has 5 nitrogen and oxygen atoms in total. The molecular weight excluding hydrogens is 292 g/mol. The first-order valence-corrected chi connectivity index (χ1v) is 8.12. The van der Waals surface area contributed by atoms with Crippen molar-refractivity contribution in [3.63, 3.8) is 0 Å². The van der Waals surface area contributed by atoms with E-state index in [-0.39, 0.29) is 18.1 Å². The first-order chi connectivity index (χ1) is 9.45. The first kappa shape index (κ1) is 14.9. The van der Waals surface area contributed by atoms with E-state index in [1.165, 1.54) is 0 Å². The number of nitrogens with zero attached hydrogens (tertiary/aromatic N) is 2. The number of aryl methyl sites for hydroxylation is 2. The summed E-state index contributed by atoms with van der Waals surface area (Å²) in [4.78, 5) is 20.7. The molecule has 2 heterocycles. The molecule has 0 spiro atoms. The van der Waals surface area contributed by atoms with Crippen molar-refractivity contribution in [2.75, 3.05) is 0 Å². The van der Waals surface area contributed by atoms with E-state index in [1.54, 1.807) is 22.7 Å². The highest BCUT2D eigenvalue weighted by atomic mass is 32.1. The summed E-state index contributed by atoms with van der Waals surface area (Å²) in [5.74, 6) is 0. The van der Waals surface area contributed by atoms with Gasteiger partial charge in [0.25, 0.3) is 0 Å². The number of hydrogen-bond donors (Lipinski definition) is 2. The molecule has 2 rings (SSSR count). The lowest BCUT2D eigenvalue weighted by molar-refractivity contribution is 0.235. The van der Waals surface area contributed by atoms with Gasteiger partial charge in [-0.05, 0) is 27.7 Å². The molecule has 2 N–H and O–H groups in total. The number of carbonyl (C=O) groups excluding carboxylic acids is 1. The summed E-state index contributed by atoms with van der Waals surface area (Å²) in [6.07, 6.45) is 0. The molecule has 0 aromatic carbocycles. The average molecular weight is 310 g/mol. The Morgan fingerprint density at radius 2 is 1.40 bits per heavy atom. The van der Waals surface area contributed by atoms with Gasteiger partial charge in [0.1, 0.15) is 10.0 Å². The van der Waals surface area contributed by atoms with Crippen molar-refractivity contribution in [3.05, 3.63) is 32.2 Å². The van der Waals surface area contributed by atoms with Gasteiger partial charge in [0, 0.05) is 22.1 Å². The van der Waals surface area contributed by atoms with E-state index in [1.807, 2.05) is 38.5 Å². The van der Waals surface area contributed by atoms with E-state index >= 15 is 0 Å². The van der Waals surface area contributed by atoms with Crippen molar-refractivity contribution >= 4 is 28.7 Å². The Morgan fingerprint density at radius 3 is 1.70 bits per heavy atom. The summed E-state index contributed by atoms with van der Waals surface area (Å²) < 4.78 is 0. The zero-order chi connectivity index (χ0) is 14.7. The summed E-state index contributed by atoms with van der Waals surface area (Å²) in [5, 5.41) is 11.6. The lowest BCUT2D eigenvalue weighted by Crippen LogP contribution is -2.38. The molecule has 0 saturated carbocycles. The molecule has 2 atom stereocenters. The standard InChI is InChI=1S/C13H18N4OS2/c1-7-5-19-11(14-7)9(3)16-13(18)17-10(4)12-15-8(2)6-20-12/h5-6,9-10H,1-4H3,(H2,16,17,18)/t9-,10-/m1/s1. The molecule has 0 bridgehead atoms. The Balaban J connectivity index is 1.89. The van der Waals surface area contributed by atoms with Gasteiger partial charge in [-0.2, -0.15) is 0 Å². The van der Waals surface area contributed by atoms with Crippen LogP contribution < -0.4 is 10.6 Å². The molecule has 108 valence electrons. The second kappa shape index (κ2) is 6.32. The third kappa shape index (κ3) is 3.77. The summed E-state index contributed by atoms with van der Waals surface area (Å²) in [6.45, 7) is 7.74. The van der Waals surface area contributed by atoms with Crippen molar-refractivity contribution in [3.8, 4) is 0 Å². The van der Waals surface area contributed by atoms with E-state index in [9.17, 15) is 4.79 Å². The summed E-state index contributed by atoms with van der Waals surface area (Å²) >= 11 is 3.11. The Kier molecular flexibility index (Phi) is 4.72. The molecule has 2 aromatic heterocycles. The molecule has 0 unspecified atom stereocenters. The monoisotopic (exact) mass is 310 g/mol. The normalized spacial score (nSPS) is 13.8. The van der Waals surface area contributed by atoms with Gasteiger partial charge in [0.15, 0.2) is 0 Å². The molecule has 7 heteroatoms. The van der Waals surface area contributed by atoms with Crippen LogP contribution in [0.5, 0.6) is 0 Å². The average Bonchev–Trinajstić information content (AvgIpc) is 2.97. The molecule has 0 aliphatic rings. The Hall–Kier alpha value is -1.47. The molecule has 0 aliphatic carbocycles. The fourth-order valence-corrected chi connectivity index (χ4v) is 3.31. The van der Waals surface area contributed by atoms with Crippen LogP contribution in [-0.2, 0) is 0 Å². The summed E-state index contributed by atoms with van der Waals surface area (Å²) in [6, 6.07) is -0.399. The Morgan fingerprint density at radius 1 is 1.00 bits per heavy atom. The lowest BCUT2D eigenvalue weighted by atomic mass is 10.3. The second-order valence-electron chi connectivity index (χ2n) is 4.72. The highest BCUT2D eigenvalue weighted by Crippen LogP contribution is 2.19. The maximum absolute atomic E-state index is 12.0. The van der Waals surface area contributed by atoms with Crippen LogP contribution in [-0.4, -0.2) is 16.0 Å². The number of urea groups is 1. The van der Waals surface area contributed by atoms with Crippen molar-refractivity contribution < 1.29 is 4.79 Å². The quantitative estimate of drug-likeness (QED) is 0.910. The molecular formula is C13H18N4OS2. The number of hydrogen-bond acceptors (Lipinski definition) is 5. The van der Waals surface area contributed by atoms with Crippen LogP contribution >= 0.6 is 22.7 Å². The zero-order valence-corrected chi connectivity index (χ0v) is 13.6. The molecule has 20 heavy (non-hydrogen) atoms. The minimum atomic E-state index is -0.203. The van der Waals surface area contributed by atoms with Gasteiger partial charge in [0.2, 0.25) is 0 Å². The highest BCUT2D eigenvalue weighted by molar-refractivity contribution is 7.10. The van der Waals surface area contributed by atoms with Crippen molar-refractivity contribution in [1.82, 2.24) is 20.6 Å². The van der Waals surface area contributed by atoms with Crippen molar-refractivity contribution in [2.45, 2.75) is 39.8 Å². The van der Waals surface area contributed by atoms with Gasteiger partial charge in [-0.25, -0.2) is 14.8 Å². The Bertz CT molecular complexity index is 542. The fraction of sp³-hybridized carbons (Fsp3) is 0.462. The van der Waals surface area contributed by atoms with E-state index in [0.29, 0.717) is 0 Å². The maximum Gasteiger partial charge on any atom is 0.315 e. The predicted octanol–water partition coefficient (Wildman–Crippen LogP) is 3.34. The Labute approximate surface area is 126 Å². The largest absolute Gasteiger partial charge is 0.329 e. The van der Waals surface area contributed by atoms with Crippen LogP contribution in [0, 0.1) is 13.8 Å². The second-order valence-corrected chi connectivity index (χ2v) is 6.49. The van der Waals surface area contributed by atoms with Gasteiger partial charge in [0.05, 0.1) is 12.1 Å². The van der Waals surface area contributed by atoms with Crippen molar-refractivity contribution in [1.29, 1.82) is 0 Å². The molecule has 2 amide bonds. The van der Waals surface area contributed by atoms with Gasteiger partial charge in [-0.3, -0.25) is 0 Å². The van der Waals surface area contributed by atoms with Crippen LogP contribution in [0.25, 0.3) is 0 Å². The van der Waals surface area contributed by atoms with Crippen LogP contribution in [0.1, 0.15) is 47.3 Å². The molecule has 0 fully saturated rings. The van der Waals surface area contributed by atoms with Gasteiger partial charge in [-0.15, -0.1) is 22.7 Å². The van der Waals surface area contributed by atoms with Gasteiger partial charge >= 0.3 is 6.03 Å². The zero-order valence-electron chi connectivity index (χ0n) is 11.9. The molecule has 2 aromatic rings. The maximum atomic E-state index is 12.0. The van der Waals surface area contributed by atoms with Crippen LogP contribution in [0.2, 0.25) is 0 Å². The van der Waals surface area contributed by atoms with Crippen LogP contribution in [0.4, 0.5) is 4.79 Å². The number of nitrogens with one attached hydrogen (secondary N) is 2. The topological polar surface area (TPSA) is 66.9 Å². The fourth-order valence-electron chi connectivity index (χ4n) is 1.70. The number of thiazole rings is 2. The number of aromatic nitrogens is 2. The third-order valence-electron chi connectivity index (χ3n) is 2.71. The van der Waals surface area contributed by atoms with Crippen LogP contribution in [0.15, 0.2) is 10.8 Å². The number of amides is 2. The minimum absolute atomic E-state index is 0.0982. The van der Waals surface area contributed by atoms with Crippen molar-refractivity contribution in [2.24, 2.45) is 0 Å². The molecule has 0 saturated heterocycles. The molecule has 0 radical (unpaired) electrons. The SMILES string of the molecule is Cc1csc([C@@H](C)NC(=O)N[C@H](C)c2nc(C)cs2)n1. The highest BCUT2D eigenvalue weighted by Gasteiger charge is 2.16. The number of carbonyl (C=O) groups is 1. The third-order valence-corrected chi connectivity index (χ3v) is 5.00. The van der Waals surface area contributed by atoms with E-state index < -0.39 is 0 Å². The van der Waals surface area contributed by atoms with E-state index in [0.717, 1.165) is 21.4 Å². The van der Waals surface area contributed by atoms with Gasteiger partial charge in [-0.1, -0.05) is 0 Å². The summed E-state index contributed by atoms with van der Waals surface area (Å²) in [7, 11) is 0.